The molecule has 0 atom stereocenters. The summed E-state index contributed by atoms with van der Waals surface area (Å²) in [5, 5.41) is 0. The van der Waals surface area contributed by atoms with Crippen molar-refractivity contribution in [1.29, 1.82) is 0 Å². The van der Waals surface area contributed by atoms with Crippen molar-refractivity contribution in [3.8, 4) is 11.8 Å². The van der Waals surface area contributed by atoms with Crippen LogP contribution in [0.5, 0.6) is 0 Å². The lowest BCUT2D eigenvalue weighted by Gasteiger charge is -2.22. The van der Waals surface area contributed by atoms with E-state index >= 15 is 0 Å². The van der Waals surface area contributed by atoms with Crippen LogP contribution in [0.2, 0.25) is 0 Å². The molecular formula is C21H22O5S. The molecule has 0 fully saturated rings. The van der Waals surface area contributed by atoms with Crippen LogP contribution in [0, 0.1) is 11.8 Å². The second-order valence-corrected chi connectivity index (χ2v) is 8.42. The molecule has 0 amide bonds. The highest BCUT2D eigenvalue weighted by Gasteiger charge is 2.28. The molecule has 0 aromatic heterocycles. The Morgan fingerprint density at radius 1 is 0.815 bits per heavy atom. The zero-order valence-electron chi connectivity index (χ0n) is 15.7. The quantitative estimate of drug-likeness (QED) is 0.444. The van der Waals surface area contributed by atoms with Crippen molar-refractivity contribution in [3.63, 3.8) is 0 Å². The van der Waals surface area contributed by atoms with Crippen molar-refractivity contribution >= 4 is 16.1 Å². The van der Waals surface area contributed by atoms with Gasteiger partial charge in [0.25, 0.3) is 10.1 Å². The van der Waals surface area contributed by atoms with Crippen LogP contribution in [0.3, 0.4) is 0 Å². The number of esters is 1. The lowest BCUT2D eigenvalue weighted by molar-refractivity contribution is 0.0201. The first-order chi connectivity index (χ1) is 12.5. The summed E-state index contributed by atoms with van der Waals surface area (Å²) in [6.07, 6.45) is 0. The highest BCUT2D eigenvalue weighted by atomic mass is 32.2. The van der Waals surface area contributed by atoms with Gasteiger partial charge in [-0.05, 0) is 52.0 Å². The van der Waals surface area contributed by atoms with Gasteiger partial charge in [-0.2, -0.15) is 8.42 Å². The molecule has 0 spiro atoms. The summed E-state index contributed by atoms with van der Waals surface area (Å²) in [5.41, 5.74) is -2.01. The molecule has 0 N–H and O–H groups in total. The van der Waals surface area contributed by atoms with Crippen LogP contribution in [0.25, 0.3) is 0 Å². The van der Waals surface area contributed by atoms with Crippen LogP contribution in [0.15, 0.2) is 65.6 Å². The molecule has 0 aliphatic carbocycles. The van der Waals surface area contributed by atoms with Crippen LogP contribution in [0.1, 0.15) is 38.1 Å². The highest BCUT2D eigenvalue weighted by Crippen LogP contribution is 2.20. The molecular weight excluding hydrogens is 364 g/mol. The molecule has 0 heterocycles. The van der Waals surface area contributed by atoms with Gasteiger partial charge in [0.1, 0.15) is 5.60 Å². The lowest BCUT2D eigenvalue weighted by atomic mass is 10.1. The van der Waals surface area contributed by atoms with Gasteiger partial charge in [0.05, 0.1) is 10.5 Å². The summed E-state index contributed by atoms with van der Waals surface area (Å²) in [5.74, 6) is 5.04. The largest absolute Gasteiger partial charge is 0.443 e. The first-order valence-electron chi connectivity index (χ1n) is 8.34. The summed E-state index contributed by atoms with van der Waals surface area (Å²) in [7, 11) is -3.96. The second kappa shape index (κ2) is 7.95. The van der Waals surface area contributed by atoms with Gasteiger partial charge in [0.2, 0.25) is 0 Å². The third-order valence-electron chi connectivity index (χ3n) is 3.37. The zero-order chi connectivity index (χ0) is 20.1. The van der Waals surface area contributed by atoms with Crippen LogP contribution in [-0.2, 0) is 19.0 Å². The average molecular weight is 386 g/mol. The Kier molecular flexibility index (Phi) is 6.09. The third kappa shape index (κ3) is 6.24. The summed E-state index contributed by atoms with van der Waals surface area (Å²) in [6.45, 7) is 6.33. The van der Waals surface area contributed by atoms with E-state index in [0.29, 0.717) is 5.56 Å². The van der Waals surface area contributed by atoms with E-state index in [0.717, 1.165) is 0 Å². The Hall–Kier alpha value is -2.62. The molecule has 27 heavy (non-hydrogen) atoms. The summed E-state index contributed by atoms with van der Waals surface area (Å²) in [4.78, 5) is 12.2. The average Bonchev–Trinajstić information content (AvgIpc) is 2.61. The molecule has 0 aliphatic rings. The number of carbonyl (C=O) groups excluding carboxylic acids is 1. The van der Waals surface area contributed by atoms with Gasteiger partial charge in [-0.1, -0.05) is 48.2 Å². The summed E-state index contributed by atoms with van der Waals surface area (Å²) < 4.78 is 35.4. The van der Waals surface area contributed by atoms with Gasteiger partial charge in [-0.3, -0.25) is 0 Å². The number of ether oxygens (including phenoxy) is 1. The number of carbonyl (C=O) groups is 1. The topological polar surface area (TPSA) is 69.7 Å². The SMILES string of the molecule is CC(C)(C#CC(C)(C)OS(=O)(=O)c1ccccc1)OC(=O)c1ccccc1. The molecule has 0 saturated heterocycles. The molecule has 142 valence electrons. The van der Waals surface area contributed by atoms with E-state index in [9.17, 15) is 13.2 Å². The van der Waals surface area contributed by atoms with Crippen molar-refractivity contribution in [2.45, 2.75) is 43.8 Å². The van der Waals surface area contributed by atoms with Crippen molar-refractivity contribution < 1.29 is 22.1 Å². The Bertz CT molecular complexity index is 950. The minimum Gasteiger partial charge on any atom is -0.443 e. The first-order valence-corrected chi connectivity index (χ1v) is 9.75. The molecule has 2 rings (SSSR count). The molecule has 2 aromatic carbocycles. The normalized spacial score (nSPS) is 12.0. The third-order valence-corrected chi connectivity index (χ3v) is 4.86. The lowest BCUT2D eigenvalue weighted by Crippen LogP contribution is -2.30. The van der Waals surface area contributed by atoms with Crippen LogP contribution in [0.4, 0.5) is 0 Å². The molecule has 0 bridgehead atoms. The fourth-order valence-electron chi connectivity index (χ4n) is 2.12. The molecule has 2 aromatic rings. The van der Waals surface area contributed by atoms with Crippen molar-refractivity contribution in [1.82, 2.24) is 0 Å². The minimum absolute atomic E-state index is 0.0506. The van der Waals surface area contributed by atoms with Gasteiger partial charge < -0.3 is 4.74 Å². The predicted molar refractivity (Wildman–Crippen MR) is 103 cm³/mol. The standard InChI is InChI=1S/C21H22O5S/c1-20(2,25-19(22)17-11-7-5-8-12-17)15-16-21(3,4)26-27(23,24)18-13-9-6-10-14-18/h5-14H,1-4H3. The van der Waals surface area contributed by atoms with E-state index in [1.807, 2.05) is 0 Å². The highest BCUT2D eigenvalue weighted by molar-refractivity contribution is 7.86. The number of hydrogen-bond donors (Lipinski definition) is 0. The van der Waals surface area contributed by atoms with Crippen molar-refractivity contribution in [3.05, 3.63) is 66.2 Å². The number of hydrogen-bond acceptors (Lipinski definition) is 5. The molecule has 0 radical (unpaired) electrons. The Morgan fingerprint density at radius 3 is 1.85 bits per heavy atom. The maximum absolute atomic E-state index is 12.4. The monoisotopic (exact) mass is 386 g/mol. The summed E-state index contributed by atoms with van der Waals surface area (Å²) in [6, 6.07) is 16.4. The molecule has 0 aliphatic heterocycles. The second-order valence-electron chi connectivity index (χ2n) is 6.88. The predicted octanol–water partition coefficient (Wildman–Crippen LogP) is 3.81. The van der Waals surface area contributed by atoms with Crippen LogP contribution < -0.4 is 0 Å². The fraction of sp³-hybridized carbons (Fsp3) is 0.286. The van der Waals surface area contributed by atoms with E-state index < -0.39 is 27.3 Å². The van der Waals surface area contributed by atoms with Crippen molar-refractivity contribution in [2.75, 3.05) is 0 Å². The van der Waals surface area contributed by atoms with Gasteiger partial charge in [-0.15, -0.1) is 0 Å². The van der Waals surface area contributed by atoms with Crippen LogP contribution >= 0.6 is 0 Å². The summed E-state index contributed by atoms with van der Waals surface area (Å²) >= 11 is 0. The van der Waals surface area contributed by atoms with Crippen molar-refractivity contribution in [2.24, 2.45) is 0 Å². The van der Waals surface area contributed by atoms with E-state index in [2.05, 4.69) is 11.8 Å². The van der Waals surface area contributed by atoms with E-state index in [1.54, 1.807) is 62.4 Å². The molecule has 6 heteroatoms. The van der Waals surface area contributed by atoms with Gasteiger partial charge >= 0.3 is 5.97 Å². The van der Waals surface area contributed by atoms with E-state index in [4.69, 9.17) is 8.92 Å². The molecule has 5 nitrogen and oxygen atoms in total. The Balaban J connectivity index is 2.12. The Labute approximate surface area is 160 Å². The molecule has 0 saturated carbocycles. The minimum atomic E-state index is -3.96. The molecule has 0 unspecified atom stereocenters. The zero-order valence-corrected chi connectivity index (χ0v) is 16.5. The number of rotatable bonds is 5. The van der Waals surface area contributed by atoms with Gasteiger partial charge in [-0.25, -0.2) is 8.98 Å². The first kappa shape index (κ1) is 20.7. The van der Waals surface area contributed by atoms with Gasteiger partial charge in [0.15, 0.2) is 5.60 Å². The van der Waals surface area contributed by atoms with Gasteiger partial charge in [0, 0.05) is 0 Å². The Morgan fingerprint density at radius 2 is 1.30 bits per heavy atom. The maximum atomic E-state index is 12.4. The number of benzene rings is 2. The van der Waals surface area contributed by atoms with E-state index in [-0.39, 0.29) is 4.90 Å². The maximum Gasteiger partial charge on any atom is 0.339 e. The van der Waals surface area contributed by atoms with Crippen LogP contribution in [-0.4, -0.2) is 25.6 Å². The van der Waals surface area contributed by atoms with E-state index in [1.165, 1.54) is 26.0 Å². The smallest absolute Gasteiger partial charge is 0.339 e. The fourth-order valence-corrected chi connectivity index (χ4v) is 3.30.